The SMILES string of the molecule is Cc1cc(O)cc2c1OCCN2. The number of phenolic OH excluding ortho intramolecular Hbond substituents is 1. The van der Waals surface area contributed by atoms with Crippen LogP contribution in [0.5, 0.6) is 11.5 Å². The maximum Gasteiger partial charge on any atom is 0.145 e. The molecular formula is C9H11NO2. The van der Waals surface area contributed by atoms with E-state index in [1.54, 1.807) is 12.1 Å². The van der Waals surface area contributed by atoms with Gasteiger partial charge in [0, 0.05) is 12.6 Å². The molecule has 0 fully saturated rings. The number of nitrogens with one attached hydrogen (secondary N) is 1. The molecule has 0 saturated carbocycles. The van der Waals surface area contributed by atoms with Crippen molar-refractivity contribution in [1.82, 2.24) is 0 Å². The Morgan fingerprint density at radius 1 is 1.50 bits per heavy atom. The van der Waals surface area contributed by atoms with Gasteiger partial charge < -0.3 is 15.2 Å². The van der Waals surface area contributed by atoms with Crippen LogP contribution in [-0.4, -0.2) is 18.3 Å². The van der Waals surface area contributed by atoms with Crippen LogP contribution in [0.15, 0.2) is 12.1 Å². The number of phenols is 1. The van der Waals surface area contributed by atoms with Gasteiger partial charge >= 0.3 is 0 Å². The maximum absolute atomic E-state index is 9.27. The lowest BCUT2D eigenvalue weighted by Gasteiger charge is -2.20. The highest BCUT2D eigenvalue weighted by Crippen LogP contribution is 2.34. The number of fused-ring (bicyclic) bond motifs is 1. The Balaban J connectivity index is 2.53. The average Bonchev–Trinajstić information content (AvgIpc) is 2.04. The summed E-state index contributed by atoms with van der Waals surface area (Å²) < 4.78 is 5.44. The molecule has 1 aromatic carbocycles. The largest absolute Gasteiger partial charge is 0.508 e. The van der Waals surface area contributed by atoms with E-state index in [4.69, 9.17) is 4.74 Å². The predicted octanol–water partition coefficient (Wildman–Crippen LogP) is 1.50. The van der Waals surface area contributed by atoms with Crippen LogP contribution < -0.4 is 10.1 Å². The van der Waals surface area contributed by atoms with E-state index < -0.39 is 0 Å². The zero-order valence-corrected chi connectivity index (χ0v) is 6.92. The average molecular weight is 165 g/mol. The summed E-state index contributed by atoms with van der Waals surface area (Å²) in [4.78, 5) is 0. The maximum atomic E-state index is 9.27. The highest BCUT2D eigenvalue weighted by Gasteiger charge is 2.12. The smallest absolute Gasteiger partial charge is 0.145 e. The molecule has 2 N–H and O–H groups in total. The molecule has 3 heteroatoms. The molecule has 0 saturated heterocycles. The quantitative estimate of drug-likeness (QED) is 0.612. The Morgan fingerprint density at radius 2 is 2.33 bits per heavy atom. The molecule has 0 aliphatic carbocycles. The van der Waals surface area contributed by atoms with Crippen LogP contribution in [0, 0.1) is 6.92 Å². The third-order valence-electron chi connectivity index (χ3n) is 1.92. The number of hydrogen-bond donors (Lipinski definition) is 2. The van der Waals surface area contributed by atoms with Gasteiger partial charge in [-0.25, -0.2) is 0 Å². The number of aromatic hydroxyl groups is 1. The van der Waals surface area contributed by atoms with Crippen molar-refractivity contribution >= 4 is 5.69 Å². The van der Waals surface area contributed by atoms with Crippen LogP contribution in [0.4, 0.5) is 5.69 Å². The van der Waals surface area contributed by atoms with Crippen LogP contribution >= 0.6 is 0 Å². The van der Waals surface area contributed by atoms with Crippen LogP contribution in [0.1, 0.15) is 5.56 Å². The van der Waals surface area contributed by atoms with Crippen molar-refractivity contribution in [2.24, 2.45) is 0 Å². The Bertz CT molecular complexity index is 310. The minimum atomic E-state index is 0.282. The standard InChI is InChI=1S/C9H11NO2/c1-6-4-7(11)5-8-9(6)12-3-2-10-8/h4-5,10-11H,2-3H2,1H3. The predicted molar refractivity (Wildman–Crippen MR) is 46.8 cm³/mol. The first-order chi connectivity index (χ1) is 5.77. The molecule has 1 heterocycles. The highest BCUT2D eigenvalue weighted by molar-refractivity contribution is 5.64. The third kappa shape index (κ3) is 1.07. The molecule has 0 spiro atoms. The van der Waals surface area contributed by atoms with Crippen LogP contribution in [-0.2, 0) is 0 Å². The lowest BCUT2D eigenvalue weighted by molar-refractivity contribution is 0.320. The van der Waals surface area contributed by atoms with Crippen molar-refractivity contribution in [2.75, 3.05) is 18.5 Å². The summed E-state index contributed by atoms with van der Waals surface area (Å²) in [6.45, 7) is 3.42. The normalized spacial score (nSPS) is 14.4. The van der Waals surface area contributed by atoms with Crippen molar-refractivity contribution in [2.45, 2.75) is 6.92 Å². The van der Waals surface area contributed by atoms with Crippen LogP contribution in [0.25, 0.3) is 0 Å². The number of benzene rings is 1. The molecule has 1 aliphatic heterocycles. The minimum absolute atomic E-state index is 0.282. The molecule has 0 aromatic heterocycles. The molecule has 0 unspecified atom stereocenters. The topological polar surface area (TPSA) is 41.5 Å². The zero-order valence-electron chi connectivity index (χ0n) is 6.92. The molecule has 1 aromatic rings. The second kappa shape index (κ2) is 2.59. The van der Waals surface area contributed by atoms with E-state index in [1.165, 1.54) is 0 Å². The lowest BCUT2D eigenvalue weighted by Crippen LogP contribution is -2.18. The second-order valence-electron chi connectivity index (χ2n) is 2.91. The monoisotopic (exact) mass is 165 g/mol. The van der Waals surface area contributed by atoms with Gasteiger partial charge in [0.15, 0.2) is 0 Å². The fourth-order valence-electron chi connectivity index (χ4n) is 1.42. The first-order valence-electron chi connectivity index (χ1n) is 3.97. The summed E-state index contributed by atoms with van der Waals surface area (Å²) in [6, 6.07) is 3.38. The first kappa shape index (κ1) is 7.28. The Morgan fingerprint density at radius 3 is 3.17 bits per heavy atom. The van der Waals surface area contributed by atoms with Gasteiger partial charge in [-0.05, 0) is 18.6 Å². The van der Waals surface area contributed by atoms with Gasteiger partial charge in [0.1, 0.15) is 18.1 Å². The molecule has 0 bridgehead atoms. The van der Waals surface area contributed by atoms with E-state index >= 15 is 0 Å². The number of anilines is 1. The summed E-state index contributed by atoms with van der Waals surface area (Å²) in [5, 5.41) is 12.4. The summed E-state index contributed by atoms with van der Waals surface area (Å²) in [7, 11) is 0. The first-order valence-corrected chi connectivity index (χ1v) is 3.97. The van der Waals surface area contributed by atoms with E-state index in [0.29, 0.717) is 6.61 Å². The third-order valence-corrected chi connectivity index (χ3v) is 1.92. The Hall–Kier alpha value is -1.38. The van der Waals surface area contributed by atoms with Gasteiger partial charge in [0.25, 0.3) is 0 Å². The molecule has 64 valence electrons. The van der Waals surface area contributed by atoms with Gasteiger partial charge in [0.05, 0.1) is 5.69 Å². The Labute approximate surface area is 71.0 Å². The minimum Gasteiger partial charge on any atom is -0.508 e. The molecular weight excluding hydrogens is 154 g/mol. The van der Waals surface area contributed by atoms with Gasteiger partial charge in [-0.3, -0.25) is 0 Å². The molecule has 12 heavy (non-hydrogen) atoms. The number of hydrogen-bond acceptors (Lipinski definition) is 3. The number of ether oxygens (including phenoxy) is 1. The lowest BCUT2D eigenvalue weighted by atomic mass is 10.1. The van der Waals surface area contributed by atoms with Crippen molar-refractivity contribution in [1.29, 1.82) is 0 Å². The molecule has 0 atom stereocenters. The second-order valence-corrected chi connectivity index (χ2v) is 2.91. The summed E-state index contributed by atoms with van der Waals surface area (Å²) in [5.41, 5.74) is 1.86. The summed E-state index contributed by atoms with van der Waals surface area (Å²) in [6.07, 6.45) is 0. The summed E-state index contributed by atoms with van der Waals surface area (Å²) >= 11 is 0. The van der Waals surface area contributed by atoms with Gasteiger partial charge in [-0.15, -0.1) is 0 Å². The zero-order chi connectivity index (χ0) is 8.55. The number of rotatable bonds is 0. The van der Waals surface area contributed by atoms with Crippen molar-refractivity contribution < 1.29 is 9.84 Å². The molecule has 0 amide bonds. The van der Waals surface area contributed by atoms with Gasteiger partial charge in [-0.1, -0.05) is 0 Å². The van der Waals surface area contributed by atoms with Crippen molar-refractivity contribution in [3.05, 3.63) is 17.7 Å². The Kier molecular flexibility index (Phi) is 1.57. The van der Waals surface area contributed by atoms with Crippen LogP contribution in [0.2, 0.25) is 0 Å². The van der Waals surface area contributed by atoms with E-state index in [0.717, 1.165) is 23.5 Å². The van der Waals surface area contributed by atoms with E-state index in [2.05, 4.69) is 5.32 Å². The highest BCUT2D eigenvalue weighted by atomic mass is 16.5. The molecule has 2 rings (SSSR count). The van der Waals surface area contributed by atoms with E-state index in [9.17, 15) is 5.11 Å². The fourth-order valence-corrected chi connectivity index (χ4v) is 1.42. The molecule has 3 nitrogen and oxygen atoms in total. The van der Waals surface area contributed by atoms with E-state index in [-0.39, 0.29) is 5.75 Å². The molecule has 0 radical (unpaired) electrons. The number of aryl methyl sites for hydroxylation is 1. The van der Waals surface area contributed by atoms with Gasteiger partial charge in [0.2, 0.25) is 0 Å². The van der Waals surface area contributed by atoms with Gasteiger partial charge in [-0.2, -0.15) is 0 Å². The van der Waals surface area contributed by atoms with Crippen LogP contribution in [0.3, 0.4) is 0 Å². The van der Waals surface area contributed by atoms with Crippen molar-refractivity contribution in [3.63, 3.8) is 0 Å². The van der Waals surface area contributed by atoms with E-state index in [1.807, 2.05) is 6.92 Å². The fraction of sp³-hybridized carbons (Fsp3) is 0.333. The van der Waals surface area contributed by atoms with Crippen molar-refractivity contribution in [3.8, 4) is 11.5 Å². The molecule has 1 aliphatic rings. The summed E-state index contributed by atoms with van der Waals surface area (Å²) in [5.74, 6) is 1.14.